The highest BCUT2D eigenvalue weighted by molar-refractivity contribution is 5.56. The summed E-state index contributed by atoms with van der Waals surface area (Å²) in [5, 5.41) is 5.95. The maximum absolute atomic E-state index is 14.9. The zero-order valence-corrected chi connectivity index (χ0v) is 65.3. The lowest BCUT2D eigenvalue weighted by Crippen LogP contribution is -2.50. The fourth-order valence-corrected chi connectivity index (χ4v) is 14.3. The molecule has 13 aromatic rings. The van der Waals surface area contributed by atoms with E-state index in [0.29, 0.717) is 64.9 Å². The smallest absolute Gasteiger partial charge is 0.428 e. The van der Waals surface area contributed by atoms with Crippen molar-refractivity contribution in [2.75, 3.05) is 6.54 Å². The molecule has 0 radical (unpaired) electrons. The van der Waals surface area contributed by atoms with Gasteiger partial charge in [0.2, 0.25) is 6.41 Å². The summed E-state index contributed by atoms with van der Waals surface area (Å²) in [5.41, 5.74) is 1.66. The summed E-state index contributed by atoms with van der Waals surface area (Å²) in [4.78, 5) is 18.8. The molecule has 0 heterocycles. The second kappa shape index (κ2) is 40.7. The van der Waals surface area contributed by atoms with Crippen molar-refractivity contribution >= 4 is 6.41 Å². The number of carbonyl (C=O) groups excluding carboxylic acids is 1. The molecule has 0 aliphatic carbocycles. The highest BCUT2D eigenvalue weighted by Gasteiger charge is 2.48. The predicted molar refractivity (Wildman–Crippen MR) is 430 cm³/mol. The topological polar surface area (TPSA) is 85.1 Å². The van der Waals surface area contributed by atoms with Crippen LogP contribution in [-0.2, 0) is 77.6 Å². The maximum atomic E-state index is 14.9. The van der Waals surface area contributed by atoms with E-state index in [4.69, 9.17) is 18.9 Å². The van der Waals surface area contributed by atoms with Crippen LogP contribution >= 0.6 is 0 Å². The number of benzene rings is 13. The predicted octanol–water partition coefficient (Wildman–Crippen LogP) is 24.8. The molecule has 1 amide bonds. The Balaban J connectivity index is 0.000000176. The first-order chi connectivity index (χ1) is 59.3. The summed E-state index contributed by atoms with van der Waals surface area (Å²) in [6, 6.07) is 73.7. The van der Waals surface area contributed by atoms with Gasteiger partial charge in [0.1, 0.15) is 52.3 Å². The van der Waals surface area contributed by atoms with Gasteiger partial charge in [-0.05, 0) is 202 Å². The second-order valence-electron chi connectivity index (χ2n) is 28.8. The van der Waals surface area contributed by atoms with Gasteiger partial charge in [-0.1, -0.05) is 176 Å². The first kappa shape index (κ1) is 93.8. The Kier molecular flexibility index (Phi) is 30.6. The van der Waals surface area contributed by atoms with E-state index in [1.807, 2.05) is 48.5 Å². The van der Waals surface area contributed by atoms with Crippen LogP contribution in [0.3, 0.4) is 0 Å². The van der Waals surface area contributed by atoms with Crippen LogP contribution in [0, 0.1) is 59.7 Å². The summed E-state index contributed by atoms with van der Waals surface area (Å²) < 4.78 is 288. The molecule has 0 aliphatic heterocycles. The summed E-state index contributed by atoms with van der Waals surface area (Å²) >= 11 is 0. The molecule has 0 fully saturated rings. The summed E-state index contributed by atoms with van der Waals surface area (Å²) in [7, 11) is 0. The van der Waals surface area contributed by atoms with Crippen molar-refractivity contribution in [1.29, 1.82) is 0 Å². The van der Waals surface area contributed by atoms with Gasteiger partial charge in [0.25, 0.3) is 11.1 Å². The monoisotopic (exact) mass is 1740 g/mol. The van der Waals surface area contributed by atoms with Gasteiger partial charge in [-0.2, -0.15) is 57.1 Å². The van der Waals surface area contributed by atoms with Crippen molar-refractivity contribution in [2.24, 2.45) is 5.73 Å². The maximum Gasteiger partial charge on any atom is 0.461 e. The van der Waals surface area contributed by atoms with Gasteiger partial charge in [-0.3, -0.25) is 14.5 Å². The van der Waals surface area contributed by atoms with Gasteiger partial charge in [0.15, 0.2) is 0 Å². The minimum atomic E-state index is -4.84. The van der Waals surface area contributed by atoms with Crippen LogP contribution in [0.4, 0.5) is 92.2 Å². The zero-order chi connectivity index (χ0) is 90.6. The van der Waals surface area contributed by atoms with Gasteiger partial charge in [-0.25, -0.2) is 48.3 Å². The lowest BCUT2D eigenvalue weighted by atomic mass is 9.77. The van der Waals surface area contributed by atoms with Crippen LogP contribution < -0.4 is 21.1 Å². The van der Waals surface area contributed by atoms with E-state index >= 15 is 0 Å². The molecule has 0 aliphatic rings. The Bertz CT molecular complexity index is 5620. The number of nitrogens with one attached hydrogen (secondary N) is 2. The van der Waals surface area contributed by atoms with E-state index in [1.54, 1.807) is 103 Å². The molecule has 0 unspecified atom stereocenters. The van der Waals surface area contributed by atoms with E-state index < -0.39 is 128 Å². The minimum absolute atomic E-state index is 0.00369. The molecule has 0 saturated heterocycles. The normalized spacial score (nSPS) is 13.7. The second-order valence-corrected chi connectivity index (χ2v) is 28.8. The molecule has 0 aromatic heterocycles. The molecular weight excluding hydrogens is 1670 g/mol. The van der Waals surface area contributed by atoms with Crippen LogP contribution in [0.25, 0.3) is 9.69 Å². The number of alkyl halides is 13. The highest BCUT2D eigenvalue weighted by atomic mass is 19.4. The number of ether oxygens (including phenoxy) is 1. The SMILES string of the molecule is N[C@H](CN[C@](Cc1ccccc1)(c1ccc(F)cc1)c1cc(F)cc(OC(F)(F)C(F)F)c1)Cc1ccccc1.O=CN[C@@](Cc1ccccc1)(c1ccc(F)cc1)c1cc(F)cc(C(F)(F)F)c1.[C-]#[N+][C@@](Cc1ccccc1)(c1ccc(F)cc1)c1cc(F)cc(C(F)(F)F)c1.[C-]#[N+][C@](Cc1ccccc1)(c1ccc(F)cc1)c1cc(F)cc(C(F)(F)F)c1. The van der Waals surface area contributed by atoms with Gasteiger partial charge in [0, 0.05) is 47.3 Å². The van der Waals surface area contributed by atoms with E-state index in [9.17, 15) is 97.0 Å². The Hall–Kier alpha value is -13.4. The van der Waals surface area contributed by atoms with Crippen molar-refractivity contribution in [3.8, 4) is 5.75 Å². The average Bonchev–Trinajstić information content (AvgIpc) is 0.776. The van der Waals surface area contributed by atoms with E-state index in [1.165, 1.54) is 60.7 Å². The Morgan fingerprint density at radius 2 is 0.600 bits per heavy atom. The van der Waals surface area contributed by atoms with Crippen LogP contribution in [0.1, 0.15) is 89.0 Å². The third kappa shape index (κ3) is 24.3. The van der Waals surface area contributed by atoms with Crippen LogP contribution in [0.2, 0.25) is 0 Å². The number of carbonyl (C=O) groups is 1. The first-order valence-electron chi connectivity index (χ1n) is 37.8. The quantitative estimate of drug-likeness (QED) is 0.0286. The standard InChI is InChI=1S/C31H28F6N2O.C22H16F5NO.2C22H14F5N/c32-25-13-11-23(12-14-25)30(19-22-9-5-2-6-10-22,39-20-27(38)15-21-7-3-1-4-8-21)24-16-26(33)18-28(17-24)40-31(36,37)29(34)35;23-19-8-6-16(7-9-19)21(28-14-29,13-15-4-2-1-3-5-15)17-10-18(22(25,26)27)12-20(24)11-17;2*1-28-21(14-15-5-3-2-4-6-15,16-7-9-19(23)10-8-16)17-11-18(22(25,26)27)13-20(24)12-17/h1-14,16-18,27,29,39H,15,19-20,38H2;1-12,14H,13H2,(H,28,29);2*2-13H,14H2/t27-,30+;3*21-/m0010/s1. The molecule has 125 heavy (non-hydrogen) atoms. The molecule has 0 saturated carbocycles. The third-order valence-electron chi connectivity index (χ3n) is 20.2. The molecule has 13 aromatic carbocycles. The number of nitrogens with zero attached hydrogens (tertiary/aromatic N) is 2. The van der Waals surface area contributed by atoms with E-state index in [-0.39, 0.29) is 65.6 Å². The number of amides is 1. The summed E-state index contributed by atoms with van der Waals surface area (Å²) in [5.74, 6) is -7.19. The molecular formula is C97H72F21N5O2. The Morgan fingerprint density at radius 3 is 0.928 bits per heavy atom. The number of rotatable bonds is 26. The zero-order valence-electron chi connectivity index (χ0n) is 65.3. The van der Waals surface area contributed by atoms with Gasteiger partial charge >= 0.3 is 31.1 Å². The van der Waals surface area contributed by atoms with Crippen LogP contribution in [0.15, 0.2) is 322 Å². The lowest BCUT2D eigenvalue weighted by Gasteiger charge is -2.38. The fourth-order valence-electron chi connectivity index (χ4n) is 14.3. The molecule has 0 bridgehead atoms. The van der Waals surface area contributed by atoms with Crippen LogP contribution in [-0.4, -0.2) is 31.5 Å². The third-order valence-corrected chi connectivity index (χ3v) is 20.2. The Labute approximate surface area is 704 Å². The molecule has 644 valence electrons. The molecule has 4 N–H and O–H groups in total. The Morgan fingerprint density at radius 1 is 0.320 bits per heavy atom. The number of nitrogens with two attached hydrogens (primary N) is 1. The number of halogens is 21. The van der Waals surface area contributed by atoms with E-state index in [2.05, 4.69) is 25.1 Å². The summed E-state index contributed by atoms with van der Waals surface area (Å²) in [6.45, 7) is 15.8. The van der Waals surface area contributed by atoms with Gasteiger partial charge in [-0.15, -0.1) is 0 Å². The molecule has 0 spiro atoms. The molecule has 5 atom stereocenters. The average molecular weight is 1740 g/mol. The van der Waals surface area contributed by atoms with Crippen molar-refractivity contribution in [1.82, 2.24) is 10.6 Å². The van der Waals surface area contributed by atoms with Crippen LogP contribution in [0.5, 0.6) is 5.75 Å². The summed E-state index contributed by atoms with van der Waals surface area (Å²) in [6.07, 6.45) is -22.2. The van der Waals surface area contributed by atoms with Crippen molar-refractivity contribution < 1.29 is 102 Å². The molecule has 13 rings (SSSR count). The first-order valence-corrected chi connectivity index (χ1v) is 37.8. The fraction of sp³-hybridized carbons (Fsp3) is 0.165. The number of hydrogen-bond donors (Lipinski definition) is 3. The van der Waals surface area contributed by atoms with Crippen molar-refractivity contribution in [3.05, 3.63) is 480 Å². The lowest BCUT2D eigenvalue weighted by molar-refractivity contribution is -0.253. The van der Waals surface area contributed by atoms with Gasteiger partial charge in [0.05, 0.1) is 40.6 Å². The van der Waals surface area contributed by atoms with Gasteiger partial charge < -0.3 is 21.1 Å². The van der Waals surface area contributed by atoms with E-state index in [0.717, 1.165) is 96.1 Å². The van der Waals surface area contributed by atoms with Crippen molar-refractivity contribution in [2.45, 2.75) is 91.4 Å². The molecule has 28 heteroatoms. The highest BCUT2D eigenvalue weighted by Crippen LogP contribution is 2.46. The minimum Gasteiger partial charge on any atom is -0.428 e. The van der Waals surface area contributed by atoms with Crippen molar-refractivity contribution in [3.63, 3.8) is 0 Å². The largest absolute Gasteiger partial charge is 0.461 e. The number of hydrogen-bond acceptors (Lipinski definition) is 4. The molecule has 7 nitrogen and oxygen atoms in total.